The Morgan fingerprint density at radius 2 is 1.57 bits per heavy atom. The Hall–Kier alpha value is -2.63. The number of nitrogens with one attached hydrogen (secondary N) is 1. The standard InChI is InChI=1S/C41H59NO5/c1-25(2)28-16-21-41(36(45)42-24-27-12-10-11-13-29(27)35(44)46-9)23-22-39(7)30(34(28)41)14-15-32-38(6)19-18-33(47-26(3)43)37(4,5)31(38)17-20-40(32,39)8/h10-13,28,30-34H,1,14-24H2,2-9H3,(H,42,45)/t28-,30?,31?,32?,33-,34?,38-,39+,40+,41-/m0/s1. The highest BCUT2D eigenvalue weighted by Gasteiger charge is 2.72. The summed E-state index contributed by atoms with van der Waals surface area (Å²) in [6.07, 6.45) is 10.6. The normalized spacial score (nSPS) is 41.7. The van der Waals surface area contributed by atoms with Crippen LogP contribution in [0.25, 0.3) is 0 Å². The SMILES string of the molecule is C=C(C)[C@@H]1CC[C@]2(C(=O)NCc3ccccc3C(=O)OC)CC[C@]3(C)C(CCC4[C@@]5(C)CC[C@H](OC(C)=O)C(C)(C)C5CC[C@]43C)C12. The van der Waals surface area contributed by atoms with Crippen LogP contribution >= 0.6 is 0 Å². The minimum absolute atomic E-state index is 0.0161. The molecule has 258 valence electrons. The van der Waals surface area contributed by atoms with Gasteiger partial charge in [0.1, 0.15) is 6.10 Å². The summed E-state index contributed by atoms with van der Waals surface area (Å²) in [7, 11) is 1.40. The largest absolute Gasteiger partial charge is 0.465 e. The molecule has 5 fully saturated rings. The van der Waals surface area contributed by atoms with Crippen molar-refractivity contribution in [3.8, 4) is 0 Å². The van der Waals surface area contributed by atoms with Gasteiger partial charge in [0, 0.05) is 18.9 Å². The van der Waals surface area contributed by atoms with Gasteiger partial charge in [-0.25, -0.2) is 4.79 Å². The van der Waals surface area contributed by atoms with Crippen molar-refractivity contribution in [2.24, 2.45) is 56.7 Å². The van der Waals surface area contributed by atoms with Gasteiger partial charge in [0.25, 0.3) is 0 Å². The molecule has 5 saturated carbocycles. The van der Waals surface area contributed by atoms with E-state index in [-0.39, 0.29) is 51.5 Å². The van der Waals surface area contributed by atoms with Crippen LogP contribution in [0.1, 0.15) is 129 Å². The van der Waals surface area contributed by atoms with Crippen LogP contribution in [0.2, 0.25) is 0 Å². The fraction of sp³-hybridized carbons (Fsp3) is 0.732. The van der Waals surface area contributed by atoms with Gasteiger partial charge in [-0.3, -0.25) is 9.59 Å². The maximum Gasteiger partial charge on any atom is 0.338 e. The van der Waals surface area contributed by atoms with Gasteiger partial charge in [-0.1, -0.05) is 65.0 Å². The predicted molar refractivity (Wildman–Crippen MR) is 184 cm³/mol. The number of rotatable bonds is 6. The third-order valence-electron chi connectivity index (χ3n) is 15.6. The maximum absolute atomic E-state index is 14.6. The Balaban J connectivity index is 1.30. The van der Waals surface area contributed by atoms with Crippen molar-refractivity contribution in [1.29, 1.82) is 0 Å². The number of fused-ring (bicyclic) bond motifs is 7. The molecule has 5 aliphatic carbocycles. The van der Waals surface area contributed by atoms with Gasteiger partial charge >= 0.3 is 11.9 Å². The maximum atomic E-state index is 14.6. The first-order valence-electron chi connectivity index (χ1n) is 18.3. The van der Waals surface area contributed by atoms with Crippen LogP contribution < -0.4 is 5.32 Å². The molecule has 10 atom stereocenters. The fourth-order valence-electron chi connectivity index (χ4n) is 13.3. The number of benzene rings is 1. The molecule has 1 aromatic carbocycles. The first-order chi connectivity index (χ1) is 22.1. The lowest BCUT2D eigenvalue weighted by atomic mass is 9.32. The summed E-state index contributed by atoms with van der Waals surface area (Å²) in [5, 5.41) is 3.34. The van der Waals surface area contributed by atoms with E-state index in [9.17, 15) is 14.4 Å². The monoisotopic (exact) mass is 645 g/mol. The number of esters is 2. The molecule has 0 bridgehead atoms. The average molecular weight is 646 g/mol. The van der Waals surface area contributed by atoms with Crippen LogP contribution in [0.3, 0.4) is 0 Å². The van der Waals surface area contributed by atoms with Crippen LogP contribution in [0.5, 0.6) is 0 Å². The average Bonchev–Trinajstić information content (AvgIpc) is 3.42. The fourth-order valence-corrected chi connectivity index (χ4v) is 13.3. The lowest BCUT2D eigenvalue weighted by Gasteiger charge is -2.72. The van der Waals surface area contributed by atoms with E-state index in [1.165, 1.54) is 25.5 Å². The van der Waals surface area contributed by atoms with Gasteiger partial charge in [-0.2, -0.15) is 0 Å². The molecule has 0 radical (unpaired) electrons. The molecule has 1 amide bonds. The second kappa shape index (κ2) is 11.8. The molecule has 1 N–H and O–H groups in total. The molecule has 0 aliphatic heterocycles. The minimum atomic E-state index is -0.414. The Bertz CT molecular complexity index is 1450. The van der Waals surface area contributed by atoms with Gasteiger partial charge in [-0.15, -0.1) is 0 Å². The lowest BCUT2D eigenvalue weighted by molar-refractivity contribution is -0.248. The lowest BCUT2D eigenvalue weighted by Crippen LogP contribution is -2.67. The number of amides is 1. The zero-order chi connectivity index (χ0) is 34.2. The van der Waals surface area contributed by atoms with Crippen LogP contribution in [0.4, 0.5) is 0 Å². The summed E-state index contributed by atoms with van der Waals surface area (Å²) in [6.45, 7) is 21.1. The third kappa shape index (κ3) is 4.96. The summed E-state index contributed by atoms with van der Waals surface area (Å²) in [6, 6.07) is 7.42. The van der Waals surface area contributed by atoms with E-state index in [1.54, 1.807) is 13.0 Å². The number of ether oxygens (including phenoxy) is 2. The number of methoxy groups -OCH3 is 1. The first kappa shape index (κ1) is 34.2. The van der Waals surface area contributed by atoms with E-state index in [0.29, 0.717) is 35.8 Å². The van der Waals surface area contributed by atoms with Crippen molar-refractivity contribution in [2.75, 3.05) is 7.11 Å². The molecule has 47 heavy (non-hydrogen) atoms. The number of hydrogen-bond donors (Lipinski definition) is 1. The highest BCUT2D eigenvalue weighted by Crippen LogP contribution is 2.77. The highest BCUT2D eigenvalue weighted by molar-refractivity contribution is 5.91. The van der Waals surface area contributed by atoms with Crippen LogP contribution in [-0.2, 0) is 25.6 Å². The number of carbonyl (C=O) groups excluding carboxylic acids is 3. The minimum Gasteiger partial charge on any atom is -0.465 e. The quantitative estimate of drug-likeness (QED) is 0.247. The molecule has 6 nitrogen and oxygen atoms in total. The van der Waals surface area contributed by atoms with Gasteiger partial charge < -0.3 is 14.8 Å². The van der Waals surface area contributed by atoms with Crippen molar-refractivity contribution in [1.82, 2.24) is 5.32 Å². The van der Waals surface area contributed by atoms with Gasteiger partial charge in [0.05, 0.1) is 18.1 Å². The summed E-state index contributed by atoms with van der Waals surface area (Å²) in [5.41, 5.74) is 2.55. The second-order valence-electron chi connectivity index (χ2n) is 17.6. The first-order valence-corrected chi connectivity index (χ1v) is 18.3. The van der Waals surface area contributed by atoms with E-state index >= 15 is 0 Å². The molecule has 1 aromatic rings. The summed E-state index contributed by atoms with van der Waals surface area (Å²) in [5.74, 6) is 1.81. The number of carbonyl (C=O) groups is 3. The van der Waals surface area contributed by atoms with Crippen molar-refractivity contribution >= 4 is 17.8 Å². The van der Waals surface area contributed by atoms with E-state index in [1.807, 2.05) is 18.2 Å². The van der Waals surface area contributed by atoms with Crippen LogP contribution in [0.15, 0.2) is 36.4 Å². The second-order valence-corrected chi connectivity index (χ2v) is 17.6. The molecular formula is C41H59NO5. The number of hydrogen-bond acceptors (Lipinski definition) is 5. The van der Waals surface area contributed by atoms with Crippen molar-refractivity contribution in [2.45, 2.75) is 125 Å². The molecule has 6 rings (SSSR count). The highest BCUT2D eigenvalue weighted by atomic mass is 16.5. The Labute approximate surface area is 283 Å². The number of allylic oxidation sites excluding steroid dienone is 1. The smallest absolute Gasteiger partial charge is 0.338 e. The van der Waals surface area contributed by atoms with Gasteiger partial charge in [0.15, 0.2) is 0 Å². The van der Waals surface area contributed by atoms with E-state index in [2.05, 4.69) is 53.4 Å². The third-order valence-corrected chi connectivity index (χ3v) is 15.6. The topological polar surface area (TPSA) is 81.7 Å². The summed E-state index contributed by atoms with van der Waals surface area (Å²) < 4.78 is 11.0. The van der Waals surface area contributed by atoms with Crippen molar-refractivity contribution in [3.05, 3.63) is 47.5 Å². The Morgan fingerprint density at radius 1 is 0.851 bits per heavy atom. The van der Waals surface area contributed by atoms with Gasteiger partial charge in [0.2, 0.25) is 5.91 Å². The Morgan fingerprint density at radius 3 is 2.26 bits per heavy atom. The molecular weight excluding hydrogens is 586 g/mol. The zero-order valence-corrected chi connectivity index (χ0v) is 30.3. The van der Waals surface area contributed by atoms with Crippen molar-refractivity contribution < 1.29 is 23.9 Å². The summed E-state index contributed by atoms with van der Waals surface area (Å²) in [4.78, 5) is 39.1. The summed E-state index contributed by atoms with van der Waals surface area (Å²) >= 11 is 0. The molecule has 0 saturated heterocycles. The van der Waals surface area contributed by atoms with E-state index in [4.69, 9.17) is 9.47 Å². The van der Waals surface area contributed by atoms with Crippen LogP contribution in [0, 0.1) is 56.7 Å². The van der Waals surface area contributed by atoms with Gasteiger partial charge in [-0.05, 0) is 129 Å². The molecule has 4 unspecified atom stereocenters. The molecule has 0 aromatic heterocycles. The van der Waals surface area contributed by atoms with E-state index < -0.39 is 5.41 Å². The molecule has 6 heteroatoms. The Kier molecular flexibility index (Phi) is 8.57. The van der Waals surface area contributed by atoms with E-state index in [0.717, 1.165) is 56.9 Å². The molecule has 0 heterocycles. The van der Waals surface area contributed by atoms with Crippen LogP contribution in [-0.4, -0.2) is 31.1 Å². The zero-order valence-electron chi connectivity index (χ0n) is 30.3. The molecule has 0 spiro atoms. The molecule has 5 aliphatic rings. The van der Waals surface area contributed by atoms with Crippen molar-refractivity contribution in [3.63, 3.8) is 0 Å². The predicted octanol–water partition coefficient (Wildman–Crippen LogP) is 8.68.